The summed E-state index contributed by atoms with van der Waals surface area (Å²) in [7, 11) is 0. The van der Waals surface area contributed by atoms with Crippen molar-refractivity contribution in [2.24, 2.45) is 16.8 Å². The molecule has 3 N–H and O–H groups in total. The number of morpholine rings is 1. The van der Waals surface area contributed by atoms with Crippen molar-refractivity contribution >= 4 is 35.8 Å². The lowest BCUT2D eigenvalue weighted by atomic mass is 9.87. The van der Waals surface area contributed by atoms with Gasteiger partial charge in [0.25, 0.3) is 0 Å². The van der Waals surface area contributed by atoms with Gasteiger partial charge in [-0.1, -0.05) is 33.1 Å². The van der Waals surface area contributed by atoms with Crippen molar-refractivity contribution in [1.82, 2.24) is 20.9 Å². The van der Waals surface area contributed by atoms with Crippen LogP contribution in [0.1, 0.15) is 59.3 Å². The number of ether oxygens (including phenoxy) is 1. The number of halogens is 1. The van der Waals surface area contributed by atoms with E-state index in [9.17, 15) is 4.79 Å². The van der Waals surface area contributed by atoms with Gasteiger partial charge in [0, 0.05) is 45.2 Å². The highest BCUT2D eigenvalue weighted by molar-refractivity contribution is 14.0. The van der Waals surface area contributed by atoms with Crippen molar-refractivity contribution in [3.8, 4) is 0 Å². The lowest BCUT2D eigenvalue weighted by Crippen LogP contribution is -2.48. The molecule has 0 aromatic heterocycles. The summed E-state index contributed by atoms with van der Waals surface area (Å²) in [6, 6.07) is 0.421. The Morgan fingerprint density at radius 1 is 1.07 bits per heavy atom. The van der Waals surface area contributed by atoms with Crippen molar-refractivity contribution in [3.05, 3.63) is 0 Å². The molecule has 0 spiro atoms. The van der Waals surface area contributed by atoms with E-state index in [4.69, 9.17) is 9.73 Å². The molecule has 1 saturated heterocycles. The zero-order valence-corrected chi connectivity index (χ0v) is 21.6. The highest BCUT2D eigenvalue weighted by Crippen LogP contribution is 2.25. The minimum atomic E-state index is 0. The molecular formula is C22H44IN5O2. The molecule has 1 aliphatic carbocycles. The molecule has 0 bridgehead atoms. The Labute approximate surface area is 200 Å². The molecule has 1 saturated carbocycles. The monoisotopic (exact) mass is 537 g/mol. The van der Waals surface area contributed by atoms with E-state index in [1.807, 2.05) is 0 Å². The number of rotatable bonds is 10. The molecule has 30 heavy (non-hydrogen) atoms. The predicted octanol–water partition coefficient (Wildman–Crippen LogP) is 2.60. The topological polar surface area (TPSA) is 78.0 Å². The highest BCUT2D eigenvalue weighted by Gasteiger charge is 2.23. The molecular weight excluding hydrogens is 493 g/mol. The van der Waals surface area contributed by atoms with Crippen LogP contribution in [-0.4, -0.2) is 75.3 Å². The predicted molar refractivity (Wildman–Crippen MR) is 135 cm³/mol. The number of nitrogens with zero attached hydrogens (tertiary/aromatic N) is 2. The first-order chi connectivity index (χ1) is 14.1. The molecule has 2 rings (SSSR count). The summed E-state index contributed by atoms with van der Waals surface area (Å²) in [6.45, 7) is 13.1. The van der Waals surface area contributed by atoms with Gasteiger partial charge >= 0.3 is 0 Å². The van der Waals surface area contributed by atoms with Crippen LogP contribution in [-0.2, 0) is 9.53 Å². The van der Waals surface area contributed by atoms with Gasteiger partial charge in [0.05, 0.1) is 19.8 Å². The normalized spacial score (nSPS) is 19.8. The van der Waals surface area contributed by atoms with Gasteiger partial charge in [0.15, 0.2) is 5.96 Å². The SMILES string of the molecule is CCNC(=NCC(C(C)C)N1CCOCC1)NCCNC(=O)CC1CCCCC1.I. The Balaban J connectivity index is 0.00000450. The van der Waals surface area contributed by atoms with E-state index < -0.39 is 0 Å². The van der Waals surface area contributed by atoms with Crippen molar-refractivity contribution in [1.29, 1.82) is 0 Å². The van der Waals surface area contributed by atoms with Crippen LogP contribution in [0.5, 0.6) is 0 Å². The van der Waals surface area contributed by atoms with E-state index in [0.717, 1.165) is 45.4 Å². The van der Waals surface area contributed by atoms with E-state index in [2.05, 4.69) is 41.6 Å². The van der Waals surface area contributed by atoms with Crippen LogP contribution in [0.4, 0.5) is 0 Å². The fourth-order valence-electron chi connectivity index (χ4n) is 4.29. The second-order valence-electron chi connectivity index (χ2n) is 8.66. The quantitative estimate of drug-likeness (QED) is 0.173. The zero-order chi connectivity index (χ0) is 20.9. The van der Waals surface area contributed by atoms with Gasteiger partial charge < -0.3 is 20.7 Å². The van der Waals surface area contributed by atoms with Gasteiger partial charge in [-0.2, -0.15) is 0 Å². The first-order valence-corrected chi connectivity index (χ1v) is 11.7. The molecule has 8 heteroatoms. The summed E-state index contributed by atoms with van der Waals surface area (Å²) in [5.74, 6) is 2.14. The standard InChI is InChI=1S/C22H43N5O2.HI/c1-4-23-22(26-17-20(18(2)3)27-12-14-29-15-13-27)25-11-10-24-21(28)16-19-8-6-5-7-9-19;/h18-20H,4-17H2,1-3H3,(H,24,28)(H2,23,25,26);1H. The molecule has 1 amide bonds. The number of carbonyl (C=O) groups is 1. The van der Waals surface area contributed by atoms with Gasteiger partial charge in [-0.15, -0.1) is 24.0 Å². The first-order valence-electron chi connectivity index (χ1n) is 11.7. The number of amides is 1. The van der Waals surface area contributed by atoms with Gasteiger partial charge in [-0.3, -0.25) is 14.7 Å². The average Bonchev–Trinajstić information content (AvgIpc) is 2.72. The number of guanidine groups is 1. The molecule has 1 heterocycles. The average molecular weight is 538 g/mol. The molecule has 7 nitrogen and oxygen atoms in total. The number of hydrogen-bond donors (Lipinski definition) is 3. The zero-order valence-electron chi connectivity index (χ0n) is 19.3. The van der Waals surface area contributed by atoms with Gasteiger partial charge in [-0.05, 0) is 31.6 Å². The maximum Gasteiger partial charge on any atom is 0.220 e. The third-order valence-corrected chi connectivity index (χ3v) is 6.00. The number of carbonyl (C=O) groups excluding carboxylic acids is 1. The van der Waals surface area contributed by atoms with Crippen molar-refractivity contribution < 1.29 is 9.53 Å². The molecule has 2 aliphatic rings. The molecule has 0 aromatic rings. The fourth-order valence-corrected chi connectivity index (χ4v) is 4.29. The number of hydrogen-bond acceptors (Lipinski definition) is 4. The molecule has 1 unspecified atom stereocenters. The molecule has 1 aliphatic heterocycles. The Hall–Kier alpha value is -0.610. The number of aliphatic imine (C=N–C) groups is 1. The van der Waals surface area contributed by atoms with Crippen LogP contribution in [0, 0.1) is 11.8 Å². The summed E-state index contributed by atoms with van der Waals surface area (Å²) >= 11 is 0. The summed E-state index contributed by atoms with van der Waals surface area (Å²) in [5, 5.41) is 9.73. The fraction of sp³-hybridized carbons (Fsp3) is 0.909. The van der Waals surface area contributed by atoms with Crippen LogP contribution in [0.25, 0.3) is 0 Å². The Kier molecular flexibility index (Phi) is 14.7. The summed E-state index contributed by atoms with van der Waals surface area (Å²) in [5.41, 5.74) is 0. The van der Waals surface area contributed by atoms with E-state index in [1.54, 1.807) is 0 Å². The third kappa shape index (κ3) is 10.6. The molecule has 1 atom stereocenters. The van der Waals surface area contributed by atoms with Crippen molar-refractivity contribution in [2.75, 3.05) is 52.5 Å². The minimum Gasteiger partial charge on any atom is -0.379 e. The van der Waals surface area contributed by atoms with Crippen LogP contribution in [0.15, 0.2) is 4.99 Å². The smallest absolute Gasteiger partial charge is 0.220 e. The molecule has 0 aromatic carbocycles. The minimum absolute atomic E-state index is 0. The Bertz CT molecular complexity index is 492. The third-order valence-electron chi connectivity index (χ3n) is 6.00. The molecule has 0 radical (unpaired) electrons. The summed E-state index contributed by atoms with van der Waals surface area (Å²) in [4.78, 5) is 19.5. The van der Waals surface area contributed by atoms with Gasteiger partial charge in [-0.25, -0.2) is 0 Å². The first kappa shape index (κ1) is 27.4. The van der Waals surface area contributed by atoms with Crippen LogP contribution in [0.2, 0.25) is 0 Å². The summed E-state index contributed by atoms with van der Waals surface area (Å²) in [6.07, 6.45) is 7.00. The molecule has 176 valence electrons. The van der Waals surface area contributed by atoms with E-state index >= 15 is 0 Å². The number of nitrogens with one attached hydrogen (secondary N) is 3. The summed E-state index contributed by atoms with van der Waals surface area (Å²) < 4.78 is 5.49. The van der Waals surface area contributed by atoms with Crippen LogP contribution >= 0.6 is 24.0 Å². The Morgan fingerprint density at radius 2 is 1.73 bits per heavy atom. The molecule has 2 fully saturated rings. The van der Waals surface area contributed by atoms with E-state index in [1.165, 1.54) is 32.1 Å². The largest absolute Gasteiger partial charge is 0.379 e. The maximum atomic E-state index is 12.1. The maximum absolute atomic E-state index is 12.1. The van der Waals surface area contributed by atoms with Crippen LogP contribution in [0.3, 0.4) is 0 Å². The van der Waals surface area contributed by atoms with Crippen molar-refractivity contribution in [2.45, 2.75) is 65.3 Å². The Morgan fingerprint density at radius 3 is 2.37 bits per heavy atom. The lowest BCUT2D eigenvalue weighted by Gasteiger charge is -2.36. The second kappa shape index (κ2) is 16.1. The van der Waals surface area contributed by atoms with Crippen LogP contribution < -0.4 is 16.0 Å². The lowest BCUT2D eigenvalue weighted by molar-refractivity contribution is -0.122. The van der Waals surface area contributed by atoms with E-state index in [-0.39, 0.29) is 29.9 Å². The highest BCUT2D eigenvalue weighted by atomic mass is 127. The van der Waals surface area contributed by atoms with E-state index in [0.29, 0.717) is 37.4 Å². The van der Waals surface area contributed by atoms with Gasteiger partial charge in [0.2, 0.25) is 5.91 Å². The van der Waals surface area contributed by atoms with Crippen molar-refractivity contribution in [3.63, 3.8) is 0 Å². The second-order valence-corrected chi connectivity index (χ2v) is 8.66. The van der Waals surface area contributed by atoms with Gasteiger partial charge in [0.1, 0.15) is 0 Å².